The lowest BCUT2D eigenvalue weighted by Gasteiger charge is -2.31. The van der Waals surface area contributed by atoms with E-state index in [0.29, 0.717) is 12.8 Å². The van der Waals surface area contributed by atoms with E-state index < -0.39 is 29.9 Å². The minimum absolute atomic E-state index is 0.00588. The van der Waals surface area contributed by atoms with E-state index >= 15 is 0 Å². The molecule has 3 nitrogen and oxygen atoms in total. The van der Waals surface area contributed by atoms with Crippen LogP contribution in [0.1, 0.15) is 36.0 Å². The molecule has 122 valence electrons. The molecule has 7 heteroatoms. The summed E-state index contributed by atoms with van der Waals surface area (Å²) in [6.45, 7) is 0. The highest BCUT2D eigenvalue weighted by molar-refractivity contribution is 5.94. The van der Waals surface area contributed by atoms with Gasteiger partial charge < -0.3 is 10.1 Å². The van der Waals surface area contributed by atoms with Crippen molar-refractivity contribution in [1.29, 1.82) is 0 Å². The Morgan fingerprint density at radius 3 is 2.64 bits per heavy atom. The first kappa shape index (κ1) is 16.6. The van der Waals surface area contributed by atoms with Gasteiger partial charge in [0.15, 0.2) is 11.6 Å². The second-order valence-electron chi connectivity index (χ2n) is 5.42. The van der Waals surface area contributed by atoms with Crippen LogP contribution in [-0.2, 0) is 0 Å². The third-order valence-corrected chi connectivity index (χ3v) is 3.89. The Kier molecular flexibility index (Phi) is 4.93. The molecule has 1 aromatic rings. The van der Waals surface area contributed by atoms with Crippen molar-refractivity contribution in [3.8, 4) is 5.75 Å². The van der Waals surface area contributed by atoms with Gasteiger partial charge in [-0.05, 0) is 37.5 Å². The van der Waals surface area contributed by atoms with Gasteiger partial charge >= 0.3 is 6.18 Å². The van der Waals surface area contributed by atoms with Crippen LogP contribution < -0.4 is 10.1 Å². The number of halogens is 4. The van der Waals surface area contributed by atoms with Crippen LogP contribution in [0, 0.1) is 11.7 Å². The summed E-state index contributed by atoms with van der Waals surface area (Å²) in [7, 11) is 1.30. The molecule has 1 fully saturated rings. The molecule has 2 unspecified atom stereocenters. The summed E-state index contributed by atoms with van der Waals surface area (Å²) in [5, 5.41) is 2.56. The zero-order valence-corrected chi connectivity index (χ0v) is 12.0. The summed E-state index contributed by atoms with van der Waals surface area (Å²) in [5.74, 6) is -2.65. The predicted octanol–water partition coefficient (Wildman–Crippen LogP) is 3.69. The van der Waals surface area contributed by atoms with Crippen molar-refractivity contribution < 1.29 is 27.1 Å². The van der Waals surface area contributed by atoms with Crippen LogP contribution in [0.5, 0.6) is 5.75 Å². The summed E-state index contributed by atoms with van der Waals surface area (Å²) in [5.41, 5.74) is 0.0624. The van der Waals surface area contributed by atoms with E-state index in [2.05, 4.69) is 5.32 Å². The third-order valence-electron chi connectivity index (χ3n) is 3.89. The van der Waals surface area contributed by atoms with E-state index in [9.17, 15) is 22.4 Å². The van der Waals surface area contributed by atoms with Crippen LogP contribution in [0.3, 0.4) is 0 Å². The number of alkyl halides is 3. The number of hydrogen-bond acceptors (Lipinski definition) is 2. The highest BCUT2D eigenvalue weighted by Crippen LogP contribution is 2.37. The SMILES string of the molecule is COc1ccc(C(=O)NC2CCCC(C(F)(F)F)C2)cc1F. The topological polar surface area (TPSA) is 38.3 Å². The lowest BCUT2D eigenvalue weighted by molar-refractivity contribution is -0.183. The fourth-order valence-corrected chi connectivity index (χ4v) is 2.69. The Balaban J connectivity index is 2.01. The summed E-state index contributed by atoms with van der Waals surface area (Å²) in [4.78, 5) is 12.0. The predicted molar refractivity (Wildman–Crippen MR) is 72.2 cm³/mol. The van der Waals surface area contributed by atoms with Crippen molar-refractivity contribution in [3.63, 3.8) is 0 Å². The van der Waals surface area contributed by atoms with Crippen molar-refractivity contribution in [3.05, 3.63) is 29.6 Å². The third kappa shape index (κ3) is 3.90. The van der Waals surface area contributed by atoms with Gasteiger partial charge in [0, 0.05) is 11.6 Å². The minimum Gasteiger partial charge on any atom is -0.494 e. The lowest BCUT2D eigenvalue weighted by Crippen LogP contribution is -2.41. The van der Waals surface area contributed by atoms with Crippen LogP contribution in [0.25, 0.3) is 0 Å². The van der Waals surface area contributed by atoms with Crippen molar-refractivity contribution in [1.82, 2.24) is 5.32 Å². The fourth-order valence-electron chi connectivity index (χ4n) is 2.69. The summed E-state index contributed by atoms with van der Waals surface area (Å²) in [6.07, 6.45) is -3.38. The number of carbonyl (C=O) groups excluding carboxylic acids is 1. The molecule has 1 saturated carbocycles. The molecule has 1 amide bonds. The quantitative estimate of drug-likeness (QED) is 0.863. The number of hydrogen-bond donors (Lipinski definition) is 1. The van der Waals surface area contributed by atoms with Crippen molar-refractivity contribution in [2.75, 3.05) is 7.11 Å². The molecule has 1 N–H and O–H groups in total. The summed E-state index contributed by atoms with van der Waals surface area (Å²) in [6, 6.07) is 3.15. The molecule has 0 aliphatic heterocycles. The number of carbonyl (C=O) groups is 1. The van der Waals surface area contributed by atoms with Gasteiger partial charge in [-0.15, -0.1) is 0 Å². The molecule has 22 heavy (non-hydrogen) atoms. The largest absolute Gasteiger partial charge is 0.494 e. The van der Waals surface area contributed by atoms with E-state index in [1.165, 1.54) is 19.2 Å². The first-order valence-electron chi connectivity index (χ1n) is 7.02. The molecule has 2 rings (SSSR count). The molecule has 0 aromatic heterocycles. The molecule has 1 aliphatic rings. The second-order valence-corrected chi connectivity index (χ2v) is 5.42. The van der Waals surface area contributed by atoms with Crippen molar-refractivity contribution in [2.45, 2.75) is 37.9 Å². The van der Waals surface area contributed by atoms with Crippen LogP contribution in [0.2, 0.25) is 0 Å². The molecule has 2 atom stereocenters. The molecule has 0 heterocycles. The van der Waals surface area contributed by atoms with E-state index in [0.717, 1.165) is 6.07 Å². The highest BCUT2D eigenvalue weighted by Gasteiger charge is 2.42. The number of ether oxygens (including phenoxy) is 1. The average molecular weight is 319 g/mol. The standard InChI is InChI=1S/C15H17F4NO2/c1-22-13-6-5-9(7-12(13)16)14(21)20-11-4-2-3-10(8-11)15(17,18)19/h5-7,10-11H,2-4,8H2,1H3,(H,20,21). The summed E-state index contributed by atoms with van der Waals surface area (Å²) < 4.78 is 56.5. The van der Waals surface area contributed by atoms with Crippen molar-refractivity contribution in [2.24, 2.45) is 5.92 Å². The number of amides is 1. The number of rotatable bonds is 3. The Hall–Kier alpha value is -1.79. The molecule has 0 bridgehead atoms. The average Bonchev–Trinajstić information content (AvgIpc) is 2.46. The van der Waals surface area contributed by atoms with Crippen LogP contribution in [-0.4, -0.2) is 25.2 Å². The summed E-state index contributed by atoms with van der Waals surface area (Å²) >= 11 is 0. The van der Waals surface area contributed by atoms with Gasteiger partial charge in [0.25, 0.3) is 5.91 Å². The van der Waals surface area contributed by atoms with Crippen LogP contribution >= 0.6 is 0 Å². The molecule has 0 radical (unpaired) electrons. The van der Waals surface area contributed by atoms with Crippen LogP contribution in [0.4, 0.5) is 17.6 Å². The maximum absolute atomic E-state index is 13.6. The van der Waals surface area contributed by atoms with Gasteiger partial charge in [-0.1, -0.05) is 6.42 Å². The molecule has 1 aromatic carbocycles. The molecular weight excluding hydrogens is 302 g/mol. The number of benzene rings is 1. The Morgan fingerprint density at radius 1 is 1.32 bits per heavy atom. The number of methoxy groups -OCH3 is 1. The first-order chi connectivity index (χ1) is 10.3. The fraction of sp³-hybridized carbons (Fsp3) is 0.533. The van der Waals surface area contributed by atoms with E-state index in [-0.39, 0.29) is 24.2 Å². The lowest BCUT2D eigenvalue weighted by atomic mass is 9.85. The van der Waals surface area contributed by atoms with Crippen LogP contribution in [0.15, 0.2) is 18.2 Å². The van der Waals surface area contributed by atoms with Gasteiger partial charge in [0.05, 0.1) is 13.0 Å². The minimum atomic E-state index is -4.24. The molecular formula is C15H17F4NO2. The number of nitrogens with one attached hydrogen (secondary N) is 1. The Bertz CT molecular complexity index is 545. The van der Waals surface area contributed by atoms with Gasteiger partial charge in [-0.25, -0.2) is 4.39 Å². The Morgan fingerprint density at radius 2 is 2.05 bits per heavy atom. The zero-order chi connectivity index (χ0) is 16.3. The zero-order valence-electron chi connectivity index (χ0n) is 12.0. The maximum Gasteiger partial charge on any atom is 0.391 e. The molecule has 0 spiro atoms. The van der Waals surface area contributed by atoms with Gasteiger partial charge in [0.1, 0.15) is 0 Å². The van der Waals surface area contributed by atoms with E-state index in [1.807, 2.05) is 0 Å². The monoisotopic (exact) mass is 319 g/mol. The smallest absolute Gasteiger partial charge is 0.391 e. The van der Waals surface area contributed by atoms with Gasteiger partial charge in [0.2, 0.25) is 0 Å². The van der Waals surface area contributed by atoms with E-state index in [1.54, 1.807) is 0 Å². The van der Waals surface area contributed by atoms with Gasteiger partial charge in [-0.3, -0.25) is 4.79 Å². The first-order valence-corrected chi connectivity index (χ1v) is 7.02. The molecule has 1 aliphatic carbocycles. The molecule has 0 saturated heterocycles. The highest BCUT2D eigenvalue weighted by atomic mass is 19.4. The maximum atomic E-state index is 13.6. The van der Waals surface area contributed by atoms with E-state index in [4.69, 9.17) is 4.74 Å². The normalized spacial score (nSPS) is 22.2. The second kappa shape index (κ2) is 6.54. The van der Waals surface area contributed by atoms with Gasteiger partial charge in [-0.2, -0.15) is 13.2 Å². The van der Waals surface area contributed by atoms with Crippen molar-refractivity contribution >= 4 is 5.91 Å². The Labute approximate surface area is 125 Å².